The lowest BCUT2D eigenvalue weighted by Crippen LogP contribution is -2.34. The van der Waals surface area contributed by atoms with Gasteiger partial charge in [-0.15, -0.1) is 0 Å². The Morgan fingerprint density at radius 3 is 2.15 bits per heavy atom. The maximum Gasteiger partial charge on any atom is 0.159 e. The Morgan fingerprint density at radius 2 is 1.29 bits per heavy atom. The van der Waals surface area contributed by atoms with Gasteiger partial charge in [-0.3, -0.25) is 0 Å². The highest BCUT2D eigenvalue weighted by Crippen LogP contribution is 2.50. The van der Waals surface area contributed by atoms with Gasteiger partial charge in [-0.25, -0.2) is 0 Å². The van der Waals surface area contributed by atoms with Crippen LogP contribution < -0.4 is 15.5 Å². The van der Waals surface area contributed by atoms with Crippen molar-refractivity contribution in [1.82, 2.24) is 9.13 Å². The standard InChI is InChI=1S/C51H37N3O/c1-51(2)40-30-34(52(32-16-5-3-6-17-32)45-26-15-23-37-36-21-11-14-27-46(36)55-50(37)45)28-29-44(40)54-43-25-13-10-22-38(43)47-48-39(31-41(51)49(47)54)35-20-9-12-24-42(35)53(48)33-18-7-4-8-19-33/h3-9,11-12,14-31H,10,13H2,1-2H3. The van der Waals surface area contributed by atoms with E-state index in [0.717, 1.165) is 51.8 Å². The van der Waals surface area contributed by atoms with Crippen LogP contribution in [0.2, 0.25) is 0 Å². The van der Waals surface area contributed by atoms with Crippen molar-refractivity contribution in [3.63, 3.8) is 0 Å². The third-order valence-electron chi connectivity index (χ3n) is 12.3. The third kappa shape index (κ3) is 4.11. The van der Waals surface area contributed by atoms with Crippen LogP contribution >= 0.6 is 0 Å². The average molecular weight is 708 g/mol. The molecule has 2 aliphatic rings. The zero-order valence-corrected chi connectivity index (χ0v) is 30.8. The van der Waals surface area contributed by atoms with Gasteiger partial charge in [-0.05, 0) is 90.7 Å². The van der Waals surface area contributed by atoms with Gasteiger partial charge in [0, 0.05) is 60.0 Å². The van der Waals surface area contributed by atoms with Crippen LogP contribution in [-0.2, 0) is 5.41 Å². The zero-order valence-electron chi connectivity index (χ0n) is 30.8. The molecule has 7 aromatic carbocycles. The molecule has 0 N–H and O–H groups in total. The average Bonchev–Trinajstić information content (AvgIpc) is 3.89. The maximum absolute atomic E-state index is 6.65. The molecule has 0 unspecified atom stereocenters. The van der Waals surface area contributed by atoms with Gasteiger partial charge in [0.05, 0.1) is 27.9 Å². The number of fused-ring (bicyclic) bond motifs is 12. The Morgan fingerprint density at radius 1 is 0.564 bits per heavy atom. The Balaban J connectivity index is 1.17. The van der Waals surface area contributed by atoms with E-state index in [9.17, 15) is 0 Å². The van der Waals surface area contributed by atoms with Crippen LogP contribution in [0.5, 0.6) is 0 Å². The van der Waals surface area contributed by atoms with Crippen molar-refractivity contribution in [3.05, 3.63) is 173 Å². The second-order valence-electron chi connectivity index (χ2n) is 15.6. The zero-order chi connectivity index (χ0) is 36.4. The quantitative estimate of drug-likeness (QED) is 0.182. The van der Waals surface area contributed by atoms with Crippen LogP contribution in [0.4, 0.5) is 17.1 Å². The molecule has 0 amide bonds. The number of anilines is 3. The molecule has 4 heterocycles. The van der Waals surface area contributed by atoms with Gasteiger partial charge >= 0.3 is 0 Å². The number of furan rings is 1. The fraction of sp³-hybridized carbons (Fsp3) is 0.0980. The number of benzene rings is 7. The molecule has 0 bridgehead atoms. The number of rotatable bonds is 4. The molecule has 0 fully saturated rings. The summed E-state index contributed by atoms with van der Waals surface area (Å²) < 4.78 is 11.7. The maximum atomic E-state index is 6.65. The van der Waals surface area contributed by atoms with Crippen LogP contribution in [0.15, 0.2) is 156 Å². The van der Waals surface area contributed by atoms with Crippen LogP contribution in [-0.4, -0.2) is 9.13 Å². The largest absolute Gasteiger partial charge is 0.454 e. The highest BCUT2D eigenvalue weighted by Gasteiger charge is 2.37. The van der Waals surface area contributed by atoms with Crippen molar-refractivity contribution < 1.29 is 4.42 Å². The summed E-state index contributed by atoms with van der Waals surface area (Å²) in [7, 11) is 0. The van der Waals surface area contributed by atoms with Crippen LogP contribution in [0.3, 0.4) is 0 Å². The van der Waals surface area contributed by atoms with Gasteiger partial charge in [0.1, 0.15) is 5.58 Å². The predicted molar refractivity (Wildman–Crippen MR) is 229 cm³/mol. The minimum absolute atomic E-state index is 0.307. The van der Waals surface area contributed by atoms with Crippen molar-refractivity contribution in [3.8, 4) is 11.4 Å². The molecule has 55 heavy (non-hydrogen) atoms. The highest BCUT2D eigenvalue weighted by molar-refractivity contribution is 6.20. The minimum atomic E-state index is -0.307. The van der Waals surface area contributed by atoms with E-state index in [0.29, 0.717) is 0 Å². The van der Waals surface area contributed by atoms with Crippen LogP contribution in [0, 0.1) is 0 Å². The summed E-state index contributed by atoms with van der Waals surface area (Å²) in [6.45, 7) is 4.84. The molecule has 3 aromatic heterocycles. The van der Waals surface area contributed by atoms with E-state index in [4.69, 9.17) is 4.42 Å². The first-order chi connectivity index (χ1) is 27.1. The summed E-state index contributed by atoms with van der Waals surface area (Å²) in [5, 5.41) is 8.84. The lowest BCUT2D eigenvalue weighted by molar-refractivity contribution is 0.628. The van der Waals surface area contributed by atoms with E-state index >= 15 is 0 Å². The molecule has 0 radical (unpaired) electrons. The van der Waals surface area contributed by atoms with E-state index < -0.39 is 0 Å². The van der Waals surface area contributed by atoms with E-state index in [1.165, 1.54) is 65.8 Å². The highest BCUT2D eigenvalue weighted by atomic mass is 16.3. The lowest BCUT2D eigenvalue weighted by atomic mass is 9.74. The molecule has 4 nitrogen and oxygen atoms in total. The van der Waals surface area contributed by atoms with Crippen molar-refractivity contribution in [2.24, 2.45) is 0 Å². The normalized spacial score (nSPS) is 14.3. The molecule has 10 aromatic rings. The summed E-state index contributed by atoms with van der Waals surface area (Å²) in [5.74, 6) is 0. The molecule has 0 saturated carbocycles. The van der Waals surface area contributed by atoms with E-state index in [2.05, 4.69) is 186 Å². The molecule has 4 heteroatoms. The van der Waals surface area contributed by atoms with Gasteiger partial charge in [0.15, 0.2) is 5.58 Å². The Bertz CT molecular complexity index is 3340. The first-order valence-corrected chi connectivity index (χ1v) is 19.4. The second kappa shape index (κ2) is 11.1. The number of aromatic nitrogens is 2. The topological polar surface area (TPSA) is 26.2 Å². The molecular formula is C51H37N3O. The summed E-state index contributed by atoms with van der Waals surface area (Å²) >= 11 is 0. The monoisotopic (exact) mass is 707 g/mol. The first kappa shape index (κ1) is 30.7. The summed E-state index contributed by atoms with van der Waals surface area (Å²) in [4.78, 5) is 2.37. The molecule has 0 atom stereocenters. The fourth-order valence-electron chi connectivity index (χ4n) is 9.82. The molecule has 1 aliphatic carbocycles. The van der Waals surface area contributed by atoms with Crippen LogP contribution in [0.25, 0.3) is 78.2 Å². The smallest absolute Gasteiger partial charge is 0.159 e. The van der Waals surface area contributed by atoms with E-state index in [1.807, 2.05) is 6.07 Å². The fourth-order valence-corrected chi connectivity index (χ4v) is 9.82. The number of nitrogens with zero attached hydrogens (tertiary/aromatic N) is 3. The SMILES string of the molecule is CC1(C)c2cc(N(c3ccccc3)c3cccc4c3oc3ccccc34)ccc2-n2c3c(c4c2c1cc1c2ccccc2n(-c2ccccc2)c14)=CCCC=3. The summed E-state index contributed by atoms with van der Waals surface area (Å²) in [6.07, 6.45) is 7.03. The number of hydrogen-bond donors (Lipinski definition) is 0. The third-order valence-corrected chi connectivity index (χ3v) is 12.3. The molecular weight excluding hydrogens is 671 g/mol. The van der Waals surface area contributed by atoms with Gasteiger partial charge in [-0.2, -0.15) is 0 Å². The summed E-state index contributed by atoms with van der Waals surface area (Å²) in [6, 6.07) is 55.0. The minimum Gasteiger partial charge on any atom is -0.454 e. The van der Waals surface area contributed by atoms with E-state index in [1.54, 1.807) is 0 Å². The Kier molecular flexibility index (Phi) is 6.20. The van der Waals surface area contributed by atoms with Gasteiger partial charge < -0.3 is 18.5 Å². The van der Waals surface area contributed by atoms with Crippen molar-refractivity contribution in [2.45, 2.75) is 32.1 Å². The molecule has 0 saturated heterocycles. The van der Waals surface area contributed by atoms with Crippen molar-refractivity contribution in [2.75, 3.05) is 4.90 Å². The predicted octanol–water partition coefficient (Wildman–Crippen LogP) is 12.1. The molecule has 12 rings (SSSR count). The van der Waals surface area contributed by atoms with Gasteiger partial charge in [0.25, 0.3) is 0 Å². The molecule has 1 aliphatic heterocycles. The van der Waals surface area contributed by atoms with Gasteiger partial charge in [0.2, 0.25) is 0 Å². The van der Waals surface area contributed by atoms with E-state index in [-0.39, 0.29) is 5.41 Å². The van der Waals surface area contributed by atoms with Gasteiger partial charge in [-0.1, -0.05) is 111 Å². The van der Waals surface area contributed by atoms with Crippen molar-refractivity contribution >= 4 is 83.9 Å². The lowest BCUT2D eigenvalue weighted by Gasteiger charge is -2.36. The molecule has 262 valence electrons. The number of hydrogen-bond acceptors (Lipinski definition) is 2. The second-order valence-corrected chi connectivity index (χ2v) is 15.6. The number of para-hydroxylation sites is 5. The molecule has 0 spiro atoms. The van der Waals surface area contributed by atoms with Crippen molar-refractivity contribution in [1.29, 1.82) is 0 Å². The first-order valence-electron chi connectivity index (χ1n) is 19.4. The van der Waals surface area contributed by atoms with Crippen LogP contribution in [0.1, 0.15) is 37.8 Å². The Hall–Kier alpha value is -6.78. The Labute approximate surface area is 318 Å². The summed E-state index contributed by atoms with van der Waals surface area (Å²) in [5.41, 5.74) is 13.6.